The van der Waals surface area contributed by atoms with Crippen LogP contribution in [0, 0.1) is 6.07 Å². The number of anilines is 1. The quantitative estimate of drug-likeness (QED) is 0.710. The largest absolute Gasteiger partial charge is 0.423 e. The molecule has 0 spiro atoms. The van der Waals surface area contributed by atoms with Gasteiger partial charge in [-0.05, 0) is 37.5 Å². The average Bonchev–Trinajstić information content (AvgIpc) is 2.74. The van der Waals surface area contributed by atoms with Crippen LogP contribution in [0.25, 0.3) is 11.1 Å². The fourth-order valence-corrected chi connectivity index (χ4v) is 2.03. The lowest BCUT2D eigenvalue weighted by molar-refractivity contribution is 0.509. The highest BCUT2D eigenvalue weighted by Gasteiger charge is 2.16. The molecule has 1 aromatic carbocycles. The molecule has 2 heterocycles. The number of benzene rings is 1. The lowest BCUT2D eigenvalue weighted by Crippen LogP contribution is -2.29. The third-order valence-electron chi connectivity index (χ3n) is 2.85. The molecule has 0 N–H and O–H groups in total. The highest BCUT2D eigenvalue weighted by molar-refractivity contribution is 5.74. The number of oxazole rings is 1. The molecule has 3 heteroatoms. The van der Waals surface area contributed by atoms with E-state index in [1.165, 1.54) is 19.3 Å². The summed E-state index contributed by atoms with van der Waals surface area (Å²) < 4.78 is 5.70. The molecule has 1 aromatic heterocycles. The maximum absolute atomic E-state index is 5.70. The molecule has 0 aliphatic carbocycles. The molecule has 1 fully saturated rings. The predicted molar refractivity (Wildman–Crippen MR) is 58.9 cm³/mol. The topological polar surface area (TPSA) is 29.3 Å². The van der Waals surface area contributed by atoms with Crippen molar-refractivity contribution in [2.45, 2.75) is 19.3 Å². The molecule has 15 heavy (non-hydrogen) atoms. The van der Waals surface area contributed by atoms with Crippen molar-refractivity contribution in [1.29, 1.82) is 0 Å². The number of aromatic nitrogens is 1. The van der Waals surface area contributed by atoms with Crippen molar-refractivity contribution in [3.8, 4) is 0 Å². The summed E-state index contributed by atoms with van der Waals surface area (Å²) in [6.45, 7) is 2.13. The zero-order valence-electron chi connectivity index (χ0n) is 8.57. The van der Waals surface area contributed by atoms with Gasteiger partial charge in [-0.1, -0.05) is 6.07 Å². The van der Waals surface area contributed by atoms with Crippen LogP contribution < -0.4 is 4.90 Å². The Morgan fingerprint density at radius 2 is 2.13 bits per heavy atom. The van der Waals surface area contributed by atoms with Gasteiger partial charge in [-0.25, -0.2) is 0 Å². The normalized spacial score (nSPS) is 17.2. The highest BCUT2D eigenvalue weighted by Crippen LogP contribution is 2.23. The molecule has 2 aromatic rings. The molecule has 0 saturated carbocycles. The second-order valence-corrected chi connectivity index (χ2v) is 3.94. The standard InChI is InChI=1S/C12H13N2O/c1-4-8-14(9-5-1)12-13-10-6-2-3-7-11(10)15-12/h3,6-7H,1,4-5,8-9H2. The molecule has 1 saturated heterocycles. The van der Waals surface area contributed by atoms with Gasteiger partial charge in [0.05, 0.1) is 0 Å². The molecule has 77 valence electrons. The highest BCUT2D eigenvalue weighted by atomic mass is 16.4. The summed E-state index contributed by atoms with van der Waals surface area (Å²) in [5.74, 6) is 0. The molecule has 0 bridgehead atoms. The summed E-state index contributed by atoms with van der Waals surface area (Å²) in [5, 5.41) is 0. The van der Waals surface area contributed by atoms with Gasteiger partial charge in [0.25, 0.3) is 6.01 Å². The van der Waals surface area contributed by atoms with Crippen LogP contribution in [0.3, 0.4) is 0 Å². The Hall–Kier alpha value is -1.51. The lowest BCUT2D eigenvalue weighted by Gasteiger charge is -2.24. The summed E-state index contributed by atoms with van der Waals surface area (Å²) >= 11 is 0. The van der Waals surface area contributed by atoms with E-state index in [1.54, 1.807) is 0 Å². The van der Waals surface area contributed by atoms with E-state index in [9.17, 15) is 0 Å². The summed E-state index contributed by atoms with van der Waals surface area (Å²) in [5.41, 5.74) is 1.76. The molecule has 1 aliphatic heterocycles. The van der Waals surface area contributed by atoms with E-state index < -0.39 is 0 Å². The van der Waals surface area contributed by atoms with Crippen LogP contribution in [-0.2, 0) is 0 Å². The summed E-state index contributed by atoms with van der Waals surface area (Å²) in [7, 11) is 0. The van der Waals surface area contributed by atoms with Crippen molar-refractivity contribution >= 4 is 17.1 Å². The monoisotopic (exact) mass is 201 g/mol. The van der Waals surface area contributed by atoms with E-state index in [0.29, 0.717) is 0 Å². The molecule has 3 nitrogen and oxygen atoms in total. The second-order valence-electron chi connectivity index (χ2n) is 3.94. The number of fused-ring (bicyclic) bond motifs is 1. The lowest BCUT2D eigenvalue weighted by atomic mass is 10.1. The van der Waals surface area contributed by atoms with Gasteiger partial charge >= 0.3 is 0 Å². The van der Waals surface area contributed by atoms with Crippen molar-refractivity contribution in [1.82, 2.24) is 4.98 Å². The zero-order chi connectivity index (χ0) is 10.1. The first-order valence-corrected chi connectivity index (χ1v) is 5.45. The van der Waals surface area contributed by atoms with Gasteiger partial charge in [-0.3, -0.25) is 0 Å². The molecule has 3 rings (SSSR count). The van der Waals surface area contributed by atoms with Crippen LogP contribution in [0.5, 0.6) is 0 Å². The van der Waals surface area contributed by atoms with Crippen LogP contribution in [0.15, 0.2) is 22.6 Å². The van der Waals surface area contributed by atoms with Gasteiger partial charge in [-0.2, -0.15) is 4.98 Å². The summed E-state index contributed by atoms with van der Waals surface area (Å²) in [4.78, 5) is 6.69. The van der Waals surface area contributed by atoms with Crippen LogP contribution in [0.1, 0.15) is 19.3 Å². The third kappa shape index (κ3) is 1.58. The second kappa shape index (κ2) is 3.57. The maximum atomic E-state index is 5.70. The number of piperidine rings is 1. The first kappa shape index (κ1) is 8.77. The fraction of sp³-hybridized carbons (Fsp3) is 0.417. The minimum atomic E-state index is 0.768. The fourth-order valence-electron chi connectivity index (χ4n) is 2.03. The number of hydrogen-bond donors (Lipinski definition) is 0. The summed E-state index contributed by atoms with van der Waals surface area (Å²) in [6, 6.07) is 9.41. The van der Waals surface area contributed by atoms with Gasteiger partial charge in [0.2, 0.25) is 0 Å². The molecule has 0 amide bonds. The molecule has 1 aliphatic rings. The van der Waals surface area contributed by atoms with E-state index in [2.05, 4.69) is 16.0 Å². The smallest absolute Gasteiger partial charge is 0.298 e. The Kier molecular flexibility index (Phi) is 2.09. The van der Waals surface area contributed by atoms with Crippen LogP contribution >= 0.6 is 0 Å². The van der Waals surface area contributed by atoms with Crippen LogP contribution in [0.4, 0.5) is 6.01 Å². The Morgan fingerprint density at radius 1 is 1.27 bits per heavy atom. The van der Waals surface area contributed by atoms with Crippen LogP contribution in [0.2, 0.25) is 0 Å². The van der Waals surface area contributed by atoms with E-state index in [0.717, 1.165) is 30.2 Å². The predicted octanol–water partition coefficient (Wildman–Crippen LogP) is 2.62. The third-order valence-corrected chi connectivity index (χ3v) is 2.85. The Morgan fingerprint density at radius 3 is 2.93 bits per heavy atom. The average molecular weight is 201 g/mol. The van der Waals surface area contributed by atoms with E-state index >= 15 is 0 Å². The van der Waals surface area contributed by atoms with Gasteiger partial charge in [-0.15, -0.1) is 0 Å². The van der Waals surface area contributed by atoms with E-state index in [4.69, 9.17) is 4.42 Å². The zero-order valence-corrected chi connectivity index (χ0v) is 8.57. The SMILES string of the molecule is [c]1ccc2oc(N3CCCCC3)nc2c1. The molecule has 0 atom stereocenters. The minimum absolute atomic E-state index is 0.768. The first-order valence-electron chi connectivity index (χ1n) is 5.45. The number of rotatable bonds is 1. The Labute approximate surface area is 88.7 Å². The van der Waals surface area contributed by atoms with Crippen molar-refractivity contribution in [3.05, 3.63) is 24.3 Å². The molecular formula is C12H13N2O. The molecule has 1 radical (unpaired) electrons. The Balaban J connectivity index is 1.96. The van der Waals surface area contributed by atoms with Gasteiger partial charge in [0.1, 0.15) is 5.52 Å². The van der Waals surface area contributed by atoms with Crippen molar-refractivity contribution in [2.75, 3.05) is 18.0 Å². The molecule has 0 unspecified atom stereocenters. The van der Waals surface area contributed by atoms with Crippen LogP contribution in [-0.4, -0.2) is 18.1 Å². The van der Waals surface area contributed by atoms with E-state index in [-0.39, 0.29) is 0 Å². The number of nitrogens with zero attached hydrogens (tertiary/aromatic N) is 2. The minimum Gasteiger partial charge on any atom is -0.423 e. The van der Waals surface area contributed by atoms with Gasteiger partial charge in [0.15, 0.2) is 5.58 Å². The van der Waals surface area contributed by atoms with Crippen molar-refractivity contribution < 1.29 is 4.42 Å². The first-order chi connectivity index (χ1) is 7.43. The van der Waals surface area contributed by atoms with Gasteiger partial charge in [0, 0.05) is 13.1 Å². The van der Waals surface area contributed by atoms with E-state index in [1.807, 2.05) is 18.2 Å². The maximum Gasteiger partial charge on any atom is 0.298 e. The molecular weight excluding hydrogens is 188 g/mol. The van der Waals surface area contributed by atoms with Crippen molar-refractivity contribution in [3.63, 3.8) is 0 Å². The van der Waals surface area contributed by atoms with Crippen molar-refractivity contribution in [2.24, 2.45) is 0 Å². The van der Waals surface area contributed by atoms with Gasteiger partial charge < -0.3 is 9.32 Å². The number of hydrogen-bond acceptors (Lipinski definition) is 3. The Bertz CT molecular complexity index is 424. The summed E-state index contributed by atoms with van der Waals surface area (Å²) in [6.07, 6.45) is 3.81.